The van der Waals surface area contributed by atoms with Gasteiger partial charge in [0.2, 0.25) is 10.0 Å². The van der Waals surface area contributed by atoms with Crippen LogP contribution in [0.25, 0.3) is 0 Å². The lowest BCUT2D eigenvalue weighted by atomic mass is 9.83. The SMILES string of the molecule is CC1CC(NS(=O)(=O)c2ccc(Br)cc2Br)C1. The van der Waals surface area contributed by atoms with Gasteiger partial charge in [-0.3, -0.25) is 0 Å². The lowest BCUT2D eigenvalue weighted by Crippen LogP contribution is -2.43. The predicted octanol–water partition coefficient (Wildman–Crippen LogP) is 3.29. The molecule has 2 rings (SSSR count). The van der Waals surface area contributed by atoms with Gasteiger partial charge in [-0.25, -0.2) is 13.1 Å². The summed E-state index contributed by atoms with van der Waals surface area (Å²) in [4.78, 5) is 0.292. The molecule has 1 saturated carbocycles. The van der Waals surface area contributed by atoms with Crippen LogP contribution in [0.1, 0.15) is 19.8 Å². The van der Waals surface area contributed by atoms with Crippen LogP contribution in [0, 0.1) is 5.92 Å². The second kappa shape index (κ2) is 4.99. The molecule has 1 N–H and O–H groups in total. The minimum Gasteiger partial charge on any atom is -0.208 e. The van der Waals surface area contributed by atoms with Crippen LogP contribution in [-0.2, 0) is 10.0 Å². The average Bonchev–Trinajstić information content (AvgIpc) is 2.14. The van der Waals surface area contributed by atoms with Crippen LogP contribution in [0.4, 0.5) is 0 Å². The van der Waals surface area contributed by atoms with Gasteiger partial charge in [0.05, 0.1) is 4.90 Å². The normalized spacial score (nSPS) is 24.4. The van der Waals surface area contributed by atoms with E-state index in [0.29, 0.717) is 15.3 Å². The molecule has 0 spiro atoms. The summed E-state index contributed by atoms with van der Waals surface area (Å²) in [6.45, 7) is 2.13. The highest BCUT2D eigenvalue weighted by Gasteiger charge is 2.30. The van der Waals surface area contributed by atoms with Crippen molar-refractivity contribution in [2.24, 2.45) is 5.92 Å². The molecule has 3 nitrogen and oxygen atoms in total. The molecule has 0 aromatic heterocycles. The second-order valence-corrected chi connectivity index (χ2v) is 7.92. The molecule has 0 radical (unpaired) electrons. The molecule has 0 saturated heterocycles. The molecule has 1 aromatic carbocycles. The number of halogens is 2. The van der Waals surface area contributed by atoms with Crippen molar-refractivity contribution in [3.05, 3.63) is 27.1 Å². The van der Waals surface area contributed by atoms with Crippen LogP contribution in [0.2, 0.25) is 0 Å². The quantitative estimate of drug-likeness (QED) is 0.871. The molecule has 0 atom stereocenters. The highest BCUT2D eigenvalue weighted by molar-refractivity contribution is 9.11. The summed E-state index contributed by atoms with van der Waals surface area (Å²) in [7, 11) is -3.41. The maximum Gasteiger partial charge on any atom is 0.241 e. The van der Waals surface area contributed by atoms with E-state index in [9.17, 15) is 8.42 Å². The summed E-state index contributed by atoms with van der Waals surface area (Å²) in [6.07, 6.45) is 1.85. The Labute approximate surface area is 118 Å². The van der Waals surface area contributed by atoms with Crippen molar-refractivity contribution >= 4 is 41.9 Å². The molecular weight excluding hydrogens is 370 g/mol. The zero-order valence-electron chi connectivity index (χ0n) is 9.28. The van der Waals surface area contributed by atoms with Gasteiger partial charge in [-0.05, 0) is 52.9 Å². The predicted molar refractivity (Wildman–Crippen MR) is 74.3 cm³/mol. The Bertz CT molecular complexity index is 524. The number of hydrogen-bond acceptors (Lipinski definition) is 2. The van der Waals surface area contributed by atoms with Crippen molar-refractivity contribution in [2.75, 3.05) is 0 Å². The van der Waals surface area contributed by atoms with Crippen molar-refractivity contribution in [1.82, 2.24) is 4.72 Å². The molecule has 0 unspecified atom stereocenters. The molecule has 1 aliphatic carbocycles. The Morgan fingerprint density at radius 3 is 2.47 bits per heavy atom. The van der Waals surface area contributed by atoms with E-state index >= 15 is 0 Å². The highest BCUT2D eigenvalue weighted by Crippen LogP contribution is 2.30. The molecule has 0 amide bonds. The van der Waals surface area contributed by atoms with E-state index in [2.05, 4.69) is 43.5 Å². The van der Waals surface area contributed by atoms with E-state index in [4.69, 9.17) is 0 Å². The second-order valence-electron chi connectivity index (χ2n) is 4.47. The third-order valence-corrected chi connectivity index (χ3v) is 5.87. The lowest BCUT2D eigenvalue weighted by molar-refractivity contribution is 0.270. The van der Waals surface area contributed by atoms with Crippen molar-refractivity contribution in [1.29, 1.82) is 0 Å². The van der Waals surface area contributed by atoms with Gasteiger partial charge < -0.3 is 0 Å². The van der Waals surface area contributed by atoms with Crippen LogP contribution >= 0.6 is 31.9 Å². The zero-order valence-corrected chi connectivity index (χ0v) is 13.3. The van der Waals surface area contributed by atoms with Gasteiger partial charge in [0.15, 0.2) is 0 Å². The summed E-state index contributed by atoms with van der Waals surface area (Å²) < 4.78 is 28.4. The summed E-state index contributed by atoms with van der Waals surface area (Å²) in [5, 5.41) is 0. The van der Waals surface area contributed by atoms with Crippen molar-refractivity contribution in [2.45, 2.75) is 30.7 Å². The number of nitrogens with one attached hydrogen (secondary N) is 1. The molecule has 0 heterocycles. The largest absolute Gasteiger partial charge is 0.241 e. The van der Waals surface area contributed by atoms with Crippen molar-refractivity contribution < 1.29 is 8.42 Å². The monoisotopic (exact) mass is 381 g/mol. The zero-order chi connectivity index (χ0) is 12.6. The Hall–Kier alpha value is 0.0900. The summed E-state index contributed by atoms with van der Waals surface area (Å²) in [5.74, 6) is 0.621. The highest BCUT2D eigenvalue weighted by atomic mass is 79.9. The van der Waals surface area contributed by atoms with Gasteiger partial charge in [0.1, 0.15) is 0 Å². The molecule has 1 aromatic rings. The first-order chi connectivity index (χ1) is 7.88. The number of sulfonamides is 1. The molecule has 94 valence electrons. The van der Waals surface area contributed by atoms with Gasteiger partial charge in [-0.15, -0.1) is 0 Å². The van der Waals surface area contributed by atoms with Gasteiger partial charge in [-0.1, -0.05) is 22.9 Å². The van der Waals surface area contributed by atoms with E-state index in [0.717, 1.165) is 17.3 Å². The molecule has 17 heavy (non-hydrogen) atoms. The molecule has 0 aliphatic heterocycles. The van der Waals surface area contributed by atoms with E-state index in [1.807, 2.05) is 0 Å². The smallest absolute Gasteiger partial charge is 0.208 e. The van der Waals surface area contributed by atoms with Crippen molar-refractivity contribution in [3.63, 3.8) is 0 Å². The Morgan fingerprint density at radius 1 is 1.29 bits per heavy atom. The Balaban J connectivity index is 2.20. The number of benzene rings is 1. The Kier molecular flexibility index (Phi) is 3.97. The summed E-state index contributed by atoms with van der Waals surface area (Å²) in [5.41, 5.74) is 0. The van der Waals surface area contributed by atoms with Gasteiger partial charge in [-0.2, -0.15) is 0 Å². The number of rotatable bonds is 3. The van der Waals surface area contributed by atoms with Gasteiger partial charge >= 0.3 is 0 Å². The Morgan fingerprint density at radius 2 is 1.94 bits per heavy atom. The van der Waals surface area contributed by atoms with Crippen LogP contribution in [0.3, 0.4) is 0 Å². The third kappa shape index (κ3) is 3.10. The van der Waals surface area contributed by atoms with Crippen LogP contribution in [0.5, 0.6) is 0 Å². The minimum absolute atomic E-state index is 0.0885. The maximum absolute atomic E-state index is 12.1. The van der Waals surface area contributed by atoms with E-state index in [-0.39, 0.29) is 6.04 Å². The third-order valence-electron chi connectivity index (χ3n) is 2.88. The van der Waals surface area contributed by atoms with E-state index < -0.39 is 10.0 Å². The topological polar surface area (TPSA) is 46.2 Å². The van der Waals surface area contributed by atoms with Crippen LogP contribution in [-0.4, -0.2) is 14.5 Å². The fraction of sp³-hybridized carbons (Fsp3) is 0.455. The summed E-state index contributed by atoms with van der Waals surface area (Å²) in [6, 6.07) is 5.14. The fourth-order valence-electron chi connectivity index (χ4n) is 1.97. The first-order valence-corrected chi connectivity index (χ1v) is 8.43. The average molecular weight is 383 g/mol. The first kappa shape index (κ1) is 13.5. The first-order valence-electron chi connectivity index (χ1n) is 5.36. The molecule has 1 aliphatic rings. The van der Waals surface area contributed by atoms with Crippen LogP contribution < -0.4 is 4.72 Å². The molecule has 6 heteroatoms. The van der Waals surface area contributed by atoms with Gasteiger partial charge in [0.25, 0.3) is 0 Å². The fourth-order valence-corrected chi connectivity index (χ4v) is 4.98. The summed E-state index contributed by atoms with van der Waals surface area (Å²) >= 11 is 6.58. The lowest BCUT2D eigenvalue weighted by Gasteiger charge is -2.33. The van der Waals surface area contributed by atoms with E-state index in [1.165, 1.54) is 0 Å². The standard InChI is InChI=1S/C11H13Br2NO2S/c1-7-4-9(5-7)14-17(15,16)11-3-2-8(12)6-10(11)13/h2-3,6-7,9,14H,4-5H2,1H3. The molecule has 1 fully saturated rings. The van der Waals surface area contributed by atoms with E-state index in [1.54, 1.807) is 18.2 Å². The maximum atomic E-state index is 12.1. The van der Waals surface area contributed by atoms with Crippen LogP contribution in [0.15, 0.2) is 32.0 Å². The molecular formula is C11H13Br2NO2S. The molecule has 0 bridgehead atoms. The van der Waals surface area contributed by atoms with Crippen molar-refractivity contribution in [3.8, 4) is 0 Å². The minimum atomic E-state index is -3.41. The van der Waals surface area contributed by atoms with Gasteiger partial charge in [0, 0.05) is 15.0 Å². The number of hydrogen-bond donors (Lipinski definition) is 1.